The Morgan fingerprint density at radius 3 is 2.48 bits per heavy atom. The number of carbonyl (C=O) groups excluding carboxylic acids is 2. The standard InChI is InChI=1S/C20H28N2O5/c1-25-16-7-6-15(13-18(16)26-2)14-19(23)21-8-4-9-22(11-10-21)20(24)17-5-3-12-27-17/h6-7,13,17H,3-5,8-12,14H2,1-2H3. The third kappa shape index (κ3) is 4.71. The van der Waals surface area contributed by atoms with Crippen LogP contribution in [0.15, 0.2) is 18.2 Å². The molecule has 7 heteroatoms. The first-order chi connectivity index (χ1) is 13.1. The summed E-state index contributed by atoms with van der Waals surface area (Å²) in [6.45, 7) is 3.14. The van der Waals surface area contributed by atoms with Crippen LogP contribution in [0.4, 0.5) is 0 Å². The maximum Gasteiger partial charge on any atom is 0.251 e. The third-order valence-corrected chi connectivity index (χ3v) is 5.17. The van der Waals surface area contributed by atoms with Crippen molar-refractivity contribution in [1.82, 2.24) is 9.80 Å². The van der Waals surface area contributed by atoms with Gasteiger partial charge in [-0.25, -0.2) is 0 Å². The second kappa shape index (κ2) is 9.08. The van der Waals surface area contributed by atoms with E-state index < -0.39 is 0 Å². The Balaban J connectivity index is 1.57. The summed E-state index contributed by atoms with van der Waals surface area (Å²) in [4.78, 5) is 28.9. The van der Waals surface area contributed by atoms with E-state index in [1.54, 1.807) is 14.2 Å². The van der Waals surface area contributed by atoms with Crippen LogP contribution in [0.5, 0.6) is 11.5 Å². The number of hydrogen-bond acceptors (Lipinski definition) is 5. The molecule has 2 amide bonds. The van der Waals surface area contributed by atoms with Gasteiger partial charge in [0, 0.05) is 32.8 Å². The summed E-state index contributed by atoms with van der Waals surface area (Å²) in [5.41, 5.74) is 0.884. The highest BCUT2D eigenvalue weighted by Gasteiger charge is 2.30. The quantitative estimate of drug-likeness (QED) is 0.779. The van der Waals surface area contributed by atoms with E-state index >= 15 is 0 Å². The first kappa shape index (κ1) is 19.5. The summed E-state index contributed by atoms with van der Waals surface area (Å²) in [6.07, 6.45) is 2.55. The predicted molar refractivity (Wildman–Crippen MR) is 100 cm³/mol. The first-order valence-electron chi connectivity index (χ1n) is 9.51. The van der Waals surface area contributed by atoms with Crippen molar-refractivity contribution in [3.63, 3.8) is 0 Å². The predicted octanol–water partition coefficient (Wildman–Crippen LogP) is 1.49. The van der Waals surface area contributed by atoms with Gasteiger partial charge in [0.15, 0.2) is 11.5 Å². The van der Waals surface area contributed by atoms with Crippen LogP contribution in [0.1, 0.15) is 24.8 Å². The third-order valence-electron chi connectivity index (χ3n) is 5.17. The minimum atomic E-state index is -0.293. The van der Waals surface area contributed by atoms with Crippen LogP contribution < -0.4 is 9.47 Å². The maximum atomic E-state index is 12.7. The number of nitrogens with zero attached hydrogens (tertiary/aromatic N) is 2. The second-order valence-electron chi connectivity index (χ2n) is 6.93. The normalized spacial score (nSPS) is 20.3. The molecule has 7 nitrogen and oxygen atoms in total. The number of hydrogen-bond donors (Lipinski definition) is 0. The number of amides is 2. The van der Waals surface area contributed by atoms with Crippen molar-refractivity contribution >= 4 is 11.8 Å². The average Bonchev–Trinajstić information content (AvgIpc) is 3.11. The molecule has 0 aromatic heterocycles. The molecular formula is C20H28N2O5. The van der Waals surface area contributed by atoms with E-state index in [2.05, 4.69) is 0 Å². The van der Waals surface area contributed by atoms with E-state index in [1.807, 2.05) is 28.0 Å². The van der Waals surface area contributed by atoms with Crippen molar-refractivity contribution in [3.8, 4) is 11.5 Å². The van der Waals surface area contributed by atoms with Gasteiger partial charge >= 0.3 is 0 Å². The molecule has 0 spiro atoms. The molecule has 2 aliphatic rings. The van der Waals surface area contributed by atoms with Crippen LogP contribution in [0.3, 0.4) is 0 Å². The van der Waals surface area contributed by atoms with Gasteiger partial charge in [0.2, 0.25) is 5.91 Å². The van der Waals surface area contributed by atoms with Crippen LogP contribution in [0.25, 0.3) is 0 Å². The van der Waals surface area contributed by atoms with Crippen molar-refractivity contribution in [2.75, 3.05) is 47.0 Å². The molecule has 27 heavy (non-hydrogen) atoms. The largest absolute Gasteiger partial charge is 0.493 e. The van der Waals surface area contributed by atoms with Crippen LogP contribution in [0, 0.1) is 0 Å². The zero-order valence-electron chi connectivity index (χ0n) is 16.1. The van der Waals surface area contributed by atoms with Gasteiger partial charge in [-0.05, 0) is 37.0 Å². The molecule has 2 aliphatic heterocycles. The molecule has 1 unspecified atom stereocenters. The molecule has 1 aromatic carbocycles. The number of carbonyl (C=O) groups is 2. The van der Waals surface area contributed by atoms with Gasteiger partial charge in [-0.3, -0.25) is 9.59 Å². The van der Waals surface area contributed by atoms with Gasteiger partial charge in [-0.2, -0.15) is 0 Å². The molecule has 2 saturated heterocycles. The van der Waals surface area contributed by atoms with E-state index in [9.17, 15) is 9.59 Å². The van der Waals surface area contributed by atoms with Gasteiger partial charge < -0.3 is 24.0 Å². The number of rotatable bonds is 5. The molecule has 2 heterocycles. The fraction of sp³-hybridized carbons (Fsp3) is 0.600. The lowest BCUT2D eigenvalue weighted by atomic mass is 10.1. The lowest BCUT2D eigenvalue weighted by Crippen LogP contribution is -2.42. The minimum absolute atomic E-state index is 0.0636. The molecule has 0 saturated carbocycles. The highest BCUT2D eigenvalue weighted by molar-refractivity contribution is 5.82. The van der Waals surface area contributed by atoms with Crippen LogP contribution in [-0.4, -0.2) is 74.7 Å². The van der Waals surface area contributed by atoms with E-state index in [0.29, 0.717) is 50.7 Å². The lowest BCUT2D eigenvalue weighted by molar-refractivity contribution is -0.141. The molecule has 0 bridgehead atoms. The van der Waals surface area contributed by atoms with Crippen molar-refractivity contribution < 1.29 is 23.8 Å². The molecular weight excluding hydrogens is 348 g/mol. The lowest BCUT2D eigenvalue weighted by Gasteiger charge is -2.24. The molecule has 0 radical (unpaired) electrons. The molecule has 3 rings (SSSR count). The Morgan fingerprint density at radius 2 is 1.78 bits per heavy atom. The van der Waals surface area contributed by atoms with Crippen molar-refractivity contribution in [1.29, 1.82) is 0 Å². The van der Waals surface area contributed by atoms with Crippen molar-refractivity contribution in [3.05, 3.63) is 23.8 Å². The SMILES string of the molecule is COc1ccc(CC(=O)N2CCCN(C(=O)C3CCCO3)CC2)cc1OC. The Morgan fingerprint density at radius 1 is 1.04 bits per heavy atom. The van der Waals surface area contributed by atoms with E-state index in [1.165, 1.54) is 0 Å². The van der Waals surface area contributed by atoms with Crippen molar-refractivity contribution in [2.45, 2.75) is 31.8 Å². The van der Waals surface area contributed by atoms with Gasteiger partial charge in [0.05, 0.1) is 20.6 Å². The highest BCUT2D eigenvalue weighted by atomic mass is 16.5. The smallest absolute Gasteiger partial charge is 0.251 e. The molecule has 0 N–H and O–H groups in total. The van der Waals surface area contributed by atoms with E-state index in [4.69, 9.17) is 14.2 Å². The number of methoxy groups -OCH3 is 2. The Hall–Kier alpha value is -2.28. The second-order valence-corrected chi connectivity index (χ2v) is 6.93. The molecule has 148 valence electrons. The summed E-state index contributed by atoms with van der Waals surface area (Å²) < 4.78 is 16.1. The van der Waals surface area contributed by atoms with Crippen LogP contribution in [0.2, 0.25) is 0 Å². The minimum Gasteiger partial charge on any atom is -0.493 e. The Labute approximate surface area is 160 Å². The van der Waals surface area contributed by atoms with Crippen LogP contribution in [-0.2, 0) is 20.7 Å². The van der Waals surface area contributed by atoms with Gasteiger partial charge in [-0.15, -0.1) is 0 Å². The molecule has 1 aromatic rings. The summed E-state index contributed by atoms with van der Waals surface area (Å²) in [7, 11) is 3.17. The fourth-order valence-corrected chi connectivity index (χ4v) is 3.64. The molecule has 1 atom stereocenters. The monoisotopic (exact) mass is 376 g/mol. The first-order valence-corrected chi connectivity index (χ1v) is 9.51. The zero-order valence-corrected chi connectivity index (χ0v) is 16.1. The Kier molecular flexibility index (Phi) is 6.55. The number of ether oxygens (including phenoxy) is 3. The van der Waals surface area contributed by atoms with Gasteiger partial charge in [-0.1, -0.05) is 6.07 Å². The van der Waals surface area contributed by atoms with E-state index in [0.717, 1.165) is 24.8 Å². The van der Waals surface area contributed by atoms with Gasteiger partial charge in [0.1, 0.15) is 6.10 Å². The zero-order chi connectivity index (χ0) is 19.2. The molecule has 2 fully saturated rings. The molecule has 0 aliphatic carbocycles. The summed E-state index contributed by atoms with van der Waals surface area (Å²) >= 11 is 0. The average molecular weight is 376 g/mol. The van der Waals surface area contributed by atoms with Crippen molar-refractivity contribution in [2.24, 2.45) is 0 Å². The highest BCUT2D eigenvalue weighted by Crippen LogP contribution is 2.28. The Bertz CT molecular complexity index is 672. The van der Waals surface area contributed by atoms with E-state index in [-0.39, 0.29) is 17.9 Å². The van der Waals surface area contributed by atoms with Gasteiger partial charge in [0.25, 0.3) is 5.91 Å². The summed E-state index contributed by atoms with van der Waals surface area (Å²) in [5.74, 6) is 1.40. The maximum absolute atomic E-state index is 12.7. The fourth-order valence-electron chi connectivity index (χ4n) is 3.64. The topological polar surface area (TPSA) is 68.3 Å². The summed E-state index contributed by atoms with van der Waals surface area (Å²) in [6, 6.07) is 5.53. The van der Waals surface area contributed by atoms with Crippen LogP contribution >= 0.6 is 0 Å². The number of benzene rings is 1. The summed E-state index contributed by atoms with van der Waals surface area (Å²) in [5, 5.41) is 0.